The summed E-state index contributed by atoms with van der Waals surface area (Å²) in [5, 5.41) is 16.8. The van der Waals surface area contributed by atoms with Gasteiger partial charge in [-0.15, -0.1) is 4.72 Å². The number of alkyl halides is 6. The van der Waals surface area contributed by atoms with E-state index in [0.29, 0.717) is 85.5 Å². The summed E-state index contributed by atoms with van der Waals surface area (Å²) in [5.41, 5.74) is -2.64. The highest BCUT2D eigenvalue weighted by atomic mass is 32.2. The Labute approximate surface area is 288 Å². The molecule has 16 heteroatoms. The van der Waals surface area contributed by atoms with Gasteiger partial charge in [-0.1, -0.05) is 12.5 Å². The molecule has 1 unspecified atom stereocenters. The van der Waals surface area contributed by atoms with Gasteiger partial charge in [0.25, 0.3) is 17.7 Å². The Morgan fingerprint density at radius 1 is 0.620 bits per heavy atom. The van der Waals surface area contributed by atoms with Gasteiger partial charge in [-0.05, 0) is 86.7 Å². The van der Waals surface area contributed by atoms with Crippen molar-refractivity contribution >= 4 is 29.1 Å². The summed E-state index contributed by atoms with van der Waals surface area (Å²) in [5.74, 6) is -1.63. The number of rotatable bonds is 17. The molecule has 268 valence electrons. The van der Waals surface area contributed by atoms with Crippen LogP contribution in [0.3, 0.4) is 0 Å². The monoisotopic (exact) mass is 723 g/mol. The van der Waals surface area contributed by atoms with E-state index in [9.17, 15) is 45.3 Å². The number of hydrogen-bond donors (Lipinski definition) is 4. The summed E-state index contributed by atoms with van der Waals surface area (Å²) in [6.45, 7) is 1.17. The molecule has 0 aromatic heterocycles. The molecule has 3 aromatic carbocycles. The van der Waals surface area contributed by atoms with Gasteiger partial charge in [-0.3, -0.25) is 14.4 Å². The molecule has 0 saturated heterocycles. The third kappa shape index (κ3) is 13.0. The Morgan fingerprint density at radius 3 is 1.60 bits per heavy atom. The zero-order valence-corrected chi connectivity index (χ0v) is 27.5. The van der Waals surface area contributed by atoms with Crippen LogP contribution in [0, 0.1) is 11.3 Å². The number of halogens is 6. The van der Waals surface area contributed by atoms with E-state index in [4.69, 9.17) is 5.26 Å². The first-order chi connectivity index (χ1) is 23.7. The van der Waals surface area contributed by atoms with Gasteiger partial charge in [0.15, 0.2) is 4.90 Å². The highest BCUT2D eigenvalue weighted by molar-refractivity contribution is 7.89. The van der Waals surface area contributed by atoms with Crippen molar-refractivity contribution in [1.82, 2.24) is 20.7 Å². The molecule has 0 aliphatic carbocycles. The van der Waals surface area contributed by atoms with E-state index in [1.807, 2.05) is 6.07 Å². The van der Waals surface area contributed by atoms with Gasteiger partial charge >= 0.3 is 12.4 Å². The first-order valence-corrected chi connectivity index (χ1v) is 16.7. The molecule has 0 heterocycles. The predicted molar refractivity (Wildman–Crippen MR) is 173 cm³/mol. The number of amides is 3. The van der Waals surface area contributed by atoms with Gasteiger partial charge in [0.2, 0.25) is 0 Å². The summed E-state index contributed by atoms with van der Waals surface area (Å²) in [6, 6.07) is 15.3. The van der Waals surface area contributed by atoms with Crippen LogP contribution < -0.4 is 20.7 Å². The molecule has 3 amide bonds. The van der Waals surface area contributed by atoms with E-state index >= 15 is 0 Å². The molecule has 0 bridgehead atoms. The minimum Gasteiger partial charge on any atom is -0.593 e. The van der Waals surface area contributed by atoms with Crippen molar-refractivity contribution in [2.45, 2.75) is 55.8 Å². The van der Waals surface area contributed by atoms with Crippen molar-refractivity contribution in [3.8, 4) is 6.07 Å². The number of nitriles is 1. The number of unbranched alkanes of at least 4 members (excludes halogenated alkanes) is 4. The summed E-state index contributed by atoms with van der Waals surface area (Å²) in [6.07, 6.45) is -6.59. The lowest BCUT2D eigenvalue weighted by molar-refractivity contribution is -0.143. The van der Waals surface area contributed by atoms with Crippen LogP contribution in [0.2, 0.25) is 0 Å². The number of nitrogens with zero attached hydrogens (tertiary/aromatic N) is 1. The molecule has 0 radical (unpaired) electrons. The molecule has 9 nitrogen and oxygen atoms in total. The van der Waals surface area contributed by atoms with Gasteiger partial charge < -0.3 is 20.5 Å². The molecular formula is C34H35F6N5O4S. The predicted octanol–water partition coefficient (Wildman–Crippen LogP) is 6.14. The van der Waals surface area contributed by atoms with Crippen molar-refractivity contribution in [3.63, 3.8) is 0 Å². The Hall–Kier alpha value is -4.59. The zero-order chi connectivity index (χ0) is 36.7. The van der Waals surface area contributed by atoms with Crippen molar-refractivity contribution in [2.75, 3.05) is 26.2 Å². The van der Waals surface area contributed by atoms with Crippen molar-refractivity contribution < 1.29 is 45.3 Å². The standard InChI is InChI=1S/C34H35F6N5O4S/c35-33(36,37)27-18-26(19-28(21-27)34(38,39)40)32(48)44-16-5-2-6-17-45-50(49)29-9-7-8-25(20-29)31(47)43-15-4-1-3-14-42-30(46)24-12-10-23(22-41)11-13-24/h7-13,18-21,45H,1-6,14-17H2,(H,42,46)(H,43,47)(H,44,48). The molecule has 0 saturated carbocycles. The molecule has 0 aliphatic heterocycles. The number of benzene rings is 3. The second-order valence-corrected chi connectivity index (χ2v) is 12.4. The maximum Gasteiger partial charge on any atom is 0.416 e. The first kappa shape index (κ1) is 39.8. The van der Waals surface area contributed by atoms with Crippen LogP contribution in [0.15, 0.2) is 71.6 Å². The third-order valence-electron chi connectivity index (χ3n) is 7.23. The van der Waals surface area contributed by atoms with E-state index in [2.05, 4.69) is 20.7 Å². The lowest BCUT2D eigenvalue weighted by Gasteiger charge is -2.14. The SMILES string of the molecule is N#Cc1ccc(C(=O)NCCCCCNC(=O)c2cccc([S+]([O-])NCCCCCNC(=O)c3cc(C(F)(F)F)cc(C(F)(F)F)c3)c2)cc1. The molecule has 3 aromatic rings. The molecule has 0 aliphatic rings. The van der Waals surface area contributed by atoms with Crippen molar-refractivity contribution in [1.29, 1.82) is 5.26 Å². The van der Waals surface area contributed by atoms with Gasteiger partial charge in [0, 0.05) is 48.9 Å². The highest BCUT2D eigenvalue weighted by Gasteiger charge is 2.37. The van der Waals surface area contributed by atoms with Crippen LogP contribution in [0.5, 0.6) is 0 Å². The van der Waals surface area contributed by atoms with E-state index < -0.39 is 46.3 Å². The number of carbonyl (C=O) groups excluding carboxylic acids is 3. The second-order valence-electron chi connectivity index (χ2n) is 11.1. The maximum absolute atomic E-state index is 13.0. The molecular weight excluding hydrogens is 688 g/mol. The smallest absolute Gasteiger partial charge is 0.416 e. The fourth-order valence-corrected chi connectivity index (χ4v) is 5.48. The average molecular weight is 724 g/mol. The van der Waals surface area contributed by atoms with Crippen LogP contribution in [0.1, 0.15) is 86.3 Å². The largest absolute Gasteiger partial charge is 0.593 e. The van der Waals surface area contributed by atoms with Crippen molar-refractivity contribution in [2.24, 2.45) is 0 Å². The molecule has 0 spiro atoms. The van der Waals surface area contributed by atoms with Gasteiger partial charge in [0.1, 0.15) is 0 Å². The average Bonchev–Trinajstić information content (AvgIpc) is 3.09. The van der Waals surface area contributed by atoms with Crippen LogP contribution in [0.4, 0.5) is 26.3 Å². The molecule has 3 rings (SSSR count). The van der Waals surface area contributed by atoms with Crippen LogP contribution in [-0.2, 0) is 23.7 Å². The van der Waals surface area contributed by atoms with E-state index in [1.165, 1.54) is 6.07 Å². The van der Waals surface area contributed by atoms with Gasteiger partial charge in [-0.25, -0.2) is 0 Å². The number of hydrogen-bond acceptors (Lipinski definition) is 6. The van der Waals surface area contributed by atoms with Gasteiger partial charge in [-0.2, -0.15) is 31.6 Å². The highest BCUT2D eigenvalue weighted by Crippen LogP contribution is 2.36. The Balaban J connectivity index is 1.30. The molecule has 4 N–H and O–H groups in total. The minimum atomic E-state index is -5.06. The maximum atomic E-state index is 13.0. The molecule has 1 atom stereocenters. The van der Waals surface area contributed by atoms with Crippen molar-refractivity contribution in [3.05, 3.63) is 100 Å². The topological polar surface area (TPSA) is 146 Å². The number of carbonyl (C=O) groups is 3. The summed E-state index contributed by atoms with van der Waals surface area (Å²) < 4.78 is 93.8. The Bertz CT molecular complexity index is 1610. The molecule has 50 heavy (non-hydrogen) atoms. The van der Waals surface area contributed by atoms with Crippen LogP contribution >= 0.6 is 0 Å². The first-order valence-electron chi connectivity index (χ1n) is 15.6. The van der Waals surface area contributed by atoms with Crippen LogP contribution in [0.25, 0.3) is 0 Å². The Kier molecular flexibility index (Phi) is 15.1. The fourth-order valence-electron chi connectivity index (χ4n) is 4.55. The summed E-state index contributed by atoms with van der Waals surface area (Å²) in [7, 11) is 0. The minimum absolute atomic E-state index is 0.00707. The summed E-state index contributed by atoms with van der Waals surface area (Å²) >= 11 is -1.63. The Morgan fingerprint density at radius 2 is 1.10 bits per heavy atom. The third-order valence-corrected chi connectivity index (χ3v) is 8.38. The second kappa shape index (κ2) is 19.0. The lowest BCUT2D eigenvalue weighted by atomic mass is 10.0. The van der Waals surface area contributed by atoms with E-state index in [1.54, 1.807) is 42.5 Å². The van der Waals surface area contributed by atoms with E-state index in [0.717, 1.165) is 6.42 Å². The fraction of sp³-hybridized carbons (Fsp3) is 0.353. The lowest BCUT2D eigenvalue weighted by Crippen LogP contribution is -2.27. The number of nitrogens with one attached hydrogen (secondary N) is 4. The normalized spacial score (nSPS) is 12.1. The molecule has 0 fully saturated rings. The van der Waals surface area contributed by atoms with Gasteiger partial charge in [0.05, 0.1) is 34.1 Å². The van der Waals surface area contributed by atoms with E-state index in [-0.39, 0.29) is 24.4 Å². The quantitative estimate of drug-likeness (QED) is 0.0749. The summed E-state index contributed by atoms with van der Waals surface area (Å²) in [4.78, 5) is 37.4. The zero-order valence-electron chi connectivity index (χ0n) is 26.7. The van der Waals surface area contributed by atoms with Crippen LogP contribution in [-0.4, -0.2) is 48.5 Å².